The first-order valence-corrected chi connectivity index (χ1v) is 11.0. The first kappa shape index (κ1) is 24.8. The van der Waals surface area contributed by atoms with E-state index >= 15 is 0 Å². The van der Waals surface area contributed by atoms with E-state index in [0.29, 0.717) is 11.3 Å². The molecule has 11 nitrogen and oxygen atoms in total. The Balaban J connectivity index is 1.59. The van der Waals surface area contributed by atoms with Gasteiger partial charge >= 0.3 is 5.97 Å². The topological polar surface area (TPSA) is 143 Å². The van der Waals surface area contributed by atoms with Crippen molar-refractivity contribution >= 4 is 34.6 Å². The number of carboxylic acid groups (broad SMARTS) is 1. The minimum Gasteiger partial charge on any atom is -0.479 e. The molecule has 0 saturated carbocycles. The van der Waals surface area contributed by atoms with Gasteiger partial charge in [0.1, 0.15) is 12.2 Å². The summed E-state index contributed by atoms with van der Waals surface area (Å²) in [6.45, 7) is -0.386. The Bertz CT molecular complexity index is 1260. The van der Waals surface area contributed by atoms with Crippen LogP contribution in [0.5, 0.6) is 0 Å². The van der Waals surface area contributed by atoms with Gasteiger partial charge in [0.2, 0.25) is 5.28 Å². The van der Waals surface area contributed by atoms with Gasteiger partial charge in [-0.1, -0.05) is 36.3 Å². The molecule has 1 aliphatic rings. The molecule has 1 aromatic carbocycles. The smallest absolute Gasteiger partial charge is 0.333 e. The Labute approximate surface area is 205 Å². The zero-order valence-corrected chi connectivity index (χ0v) is 19.7. The van der Waals surface area contributed by atoms with Crippen LogP contribution >= 0.6 is 11.6 Å². The maximum Gasteiger partial charge on any atom is 0.333 e. The first-order valence-electron chi connectivity index (χ1n) is 10.6. The van der Waals surface area contributed by atoms with Gasteiger partial charge in [-0.3, -0.25) is 4.57 Å². The Morgan fingerprint density at radius 3 is 2.71 bits per heavy atom. The average Bonchev–Trinajstić information content (AvgIpc) is 3.35. The normalized spacial score (nSPS) is 24.9. The largest absolute Gasteiger partial charge is 0.479 e. The second kappa shape index (κ2) is 9.77. The SMILES string of the molecule is C#C[C@@]1(O)[C@@H](COC(Cc2ccccc2)C(=O)O)O[C@@H](n2cnc3c(N(C)C)nc(Cl)nc32)[C@@H]1O. The van der Waals surface area contributed by atoms with Gasteiger partial charge in [0.05, 0.1) is 12.9 Å². The lowest BCUT2D eigenvalue weighted by molar-refractivity contribution is -0.156. The summed E-state index contributed by atoms with van der Waals surface area (Å²) in [6.07, 6.45) is 1.76. The number of carbonyl (C=O) groups is 1. The lowest BCUT2D eigenvalue weighted by Gasteiger charge is -2.26. The molecule has 35 heavy (non-hydrogen) atoms. The maximum atomic E-state index is 11.8. The second-order valence-electron chi connectivity index (χ2n) is 8.31. The number of hydrogen-bond acceptors (Lipinski definition) is 9. The highest BCUT2D eigenvalue weighted by Gasteiger charge is 2.56. The number of nitrogens with zero attached hydrogens (tertiary/aromatic N) is 5. The van der Waals surface area contributed by atoms with Crippen molar-refractivity contribution in [3.63, 3.8) is 0 Å². The van der Waals surface area contributed by atoms with Crippen molar-refractivity contribution in [2.45, 2.75) is 36.6 Å². The van der Waals surface area contributed by atoms with E-state index < -0.39 is 36.1 Å². The number of aliphatic carboxylic acids is 1. The van der Waals surface area contributed by atoms with Gasteiger partial charge in [-0.25, -0.2) is 9.78 Å². The number of halogens is 1. The highest BCUT2D eigenvalue weighted by atomic mass is 35.5. The molecule has 1 fully saturated rings. The van der Waals surface area contributed by atoms with E-state index in [2.05, 4.69) is 20.9 Å². The van der Waals surface area contributed by atoms with E-state index in [0.717, 1.165) is 5.56 Å². The number of aliphatic hydroxyl groups is 2. The Morgan fingerprint density at radius 2 is 2.09 bits per heavy atom. The Kier molecular flexibility index (Phi) is 6.93. The van der Waals surface area contributed by atoms with Gasteiger partial charge in [-0.05, 0) is 17.2 Å². The molecule has 12 heteroatoms. The molecule has 5 atom stereocenters. The summed E-state index contributed by atoms with van der Waals surface area (Å²) >= 11 is 6.08. The number of hydrogen-bond donors (Lipinski definition) is 3. The van der Waals surface area contributed by atoms with Crippen LogP contribution in [-0.2, 0) is 20.7 Å². The van der Waals surface area contributed by atoms with Crippen LogP contribution in [0.15, 0.2) is 36.7 Å². The predicted molar refractivity (Wildman–Crippen MR) is 126 cm³/mol. The molecule has 0 spiro atoms. The molecule has 0 radical (unpaired) electrons. The summed E-state index contributed by atoms with van der Waals surface area (Å²) in [5.41, 5.74) is -0.757. The number of benzene rings is 1. The van der Waals surface area contributed by atoms with E-state index in [4.69, 9.17) is 27.5 Å². The Morgan fingerprint density at radius 1 is 1.37 bits per heavy atom. The average molecular weight is 502 g/mol. The van der Waals surface area contributed by atoms with Crippen LogP contribution in [-0.4, -0.2) is 85.4 Å². The third-order valence-electron chi connectivity index (χ3n) is 5.81. The quantitative estimate of drug-likeness (QED) is 0.300. The summed E-state index contributed by atoms with van der Waals surface area (Å²) in [4.78, 5) is 26.1. The van der Waals surface area contributed by atoms with Gasteiger partial charge in [0.15, 0.2) is 34.9 Å². The summed E-state index contributed by atoms with van der Waals surface area (Å²) in [5, 5.41) is 31.6. The van der Waals surface area contributed by atoms with Crippen LogP contribution in [0.1, 0.15) is 11.8 Å². The lowest BCUT2D eigenvalue weighted by Crippen LogP contribution is -2.48. The monoisotopic (exact) mass is 501 g/mol. The minimum absolute atomic E-state index is 0.0484. The predicted octanol–water partition coefficient (Wildman–Crippen LogP) is 0.881. The van der Waals surface area contributed by atoms with Crippen molar-refractivity contribution in [2.75, 3.05) is 25.6 Å². The number of carboxylic acids is 1. The van der Waals surface area contributed by atoms with Crippen molar-refractivity contribution in [3.05, 3.63) is 47.5 Å². The van der Waals surface area contributed by atoms with Gasteiger partial charge < -0.3 is 29.7 Å². The lowest BCUT2D eigenvalue weighted by atomic mass is 9.93. The summed E-state index contributed by atoms with van der Waals surface area (Å²) in [6, 6.07) is 8.96. The summed E-state index contributed by atoms with van der Waals surface area (Å²) < 4.78 is 12.9. The fourth-order valence-electron chi connectivity index (χ4n) is 3.94. The third kappa shape index (κ3) is 4.67. The number of terminal acetylenes is 1. The molecular formula is C23H24ClN5O6. The van der Waals surface area contributed by atoms with Gasteiger partial charge in [-0.2, -0.15) is 9.97 Å². The number of aromatic nitrogens is 4. The van der Waals surface area contributed by atoms with Crippen molar-refractivity contribution in [1.82, 2.24) is 19.5 Å². The molecule has 1 saturated heterocycles. The van der Waals surface area contributed by atoms with Crippen molar-refractivity contribution in [1.29, 1.82) is 0 Å². The third-order valence-corrected chi connectivity index (χ3v) is 5.98. The highest BCUT2D eigenvalue weighted by Crippen LogP contribution is 2.39. The molecule has 3 N–H and O–H groups in total. The van der Waals surface area contributed by atoms with Crippen molar-refractivity contribution in [2.24, 2.45) is 0 Å². The maximum absolute atomic E-state index is 11.8. The van der Waals surface area contributed by atoms with E-state index in [-0.39, 0.29) is 24.0 Å². The number of imidazole rings is 1. The molecule has 3 aromatic rings. The van der Waals surface area contributed by atoms with Crippen LogP contribution in [0.25, 0.3) is 11.2 Å². The molecule has 2 aromatic heterocycles. The van der Waals surface area contributed by atoms with Gasteiger partial charge in [0, 0.05) is 20.5 Å². The van der Waals surface area contributed by atoms with Crippen LogP contribution < -0.4 is 4.90 Å². The van der Waals surface area contributed by atoms with E-state index in [1.807, 2.05) is 6.07 Å². The highest BCUT2D eigenvalue weighted by molar-refractivity contribution is 6.28. The fourth-order valence-corrected chi connectivity index (χ4v) is 4.10. The molecule has 3 heterocycles. The van der Waals surface area contributed by atoms with Crippen molar-refractivity contribution in [3.8, 4) is 12.3 Å². The number of anilines is 1. The van der Waals surface area contributed by atoms with E-state index in [1.54, 1.807) is 43.3 Å². The van der Waals surface area contributed by atoms with Gasteiger partial charge in [-0.15, -0.1) is 6.42 Å². The molecule has 1 unspecified atom stereocenters. The molecule has 184 valence electrons. The fraction of sp³-hybridized carbons (Fsp3) is 0.391. The number of fused-ring (bicyclic) bond motifs is 1. The molecule has 0 bridgehead atoms. The van der Waals surface area contributed by atoms with Crippen LogP contribution in [0.2, 0.25) is 5.28 Å². The molecular weight excluding hydrogens is 478 g/mol. The van der Waals surface area contributed by atoms with Crippen LogP contribution in [0.3, 0.4) is 0 Å². The van der Waals surface area contributed by atoms with Gasteiger partial charge in [0.25, 0.3) is 0 Å². The van der Waals surface area contributed by atoms with E-state index in [1.165, 1.54) is 10.9 Å². The number of ether oxygens (including phenoxy) is 2. The van der Waals surface area contributed by atoms with E-state index in [9.17, 15) is 20.1 Å². The zero-order valence-electron chi connectivity index (χ0n) is 18.9. The molecule has 4 rings (SSSR count). The Hall–Kier alpha value is -3.27. The molecule has 1 aliphatic heterocycles. The molecule has 0 aliphatic carbocycles. The summed E-state index contributed by atoms with van der Waals surface area (Å²) in [5.74, 6) is 1.44. The standard InChI is InChI=1S/C23H24ClN5O6/c1-4-23(33)15(11-34-14(21(31)32)10-13-8-6-5-7-9-13)35-20(17(23)30)29-12-25-16-18(28(2)3)26-22(24)27-19(16)29/h1,5-9,12,14-15,17,20,30,33H,10-11H2,2-3H3,(H,31,32)/t14?,15-,17+,20-,23-/m1/s1. The van der Waals surface area contributed by atoms with Crippen LogP contribution in [0, 0.1) is 12.3 Å². The zero-order chi connectivity index (χ0) is 25.3. The van der Waals surface area contributed by atoms with Crippen LogP contribution in [0.4, 0.5) is 5.82 Å². The molecule has 0 amide bonds. The first-order chi connectivity index (χ1) is 16.7. The number of rotatable bonds is 8. The number of aliphatic hydroxyl groups excluding tert-OH is 1. The second-order valence-corrected chi connectivity index (χ2v) is 8.65. The van der Waals surface area contributed by atoms with Crippen molar-refractivity contribution < 1.29 is 29.6 Å². The summed E-state index contributed by atoms with van der Waals surface area (Å²) in [7, 11) is 3.52. The minimum atomic E-state index is -2.17.